The molecule has 12 heteroatoms. The molecule has 2 heterocycles. The lowest BCUT2D eigenvalue weighted by atomic mass is 10.0. The fourth-order valence-electron chi connectivity index (χ4n) is 2.60. The molecule has 0 fully saturated rings. The van der Waals surface area contributed by atoms with Gasteiger partial charge >= 0.3 is 5.69 Å². The van der Waals surface area contributed by atoms with Gasteiger partial charge in [0.25, 0.3) is 0 Å². The molecule has 0 radical (unpaired) electrons. The first kappa shape index (κ1) is 20.8. The Hall–Kier alpha value is -3.93. The highest BCUT2D eigenvalue weighted by Gasteiger charge is 2.22. The molecule has 0 saturated carbocycles. The molecule has 0 atom stereocenters. The number of nitrogens with one attached hydrogen (secondary N) is 2. The van der Waals surface area contributed by atoms with Crippen molar-refractivity contribution in [2.75, 3.05) is 17.7 Å². The standard InChI is InChI=1S/C18H18FN7O4/c1-18(2,27)15-11(5-4-6-20-15)23-16-21-9-22-17(25-16)24-12-8-13(26(28)29)10(19)7-14(12)30-3/h4-9,27H,1-3H3,(H2,21,22,23,24,25). The van der Waals surface area contributed by atoms with Crippen LogP contribution in [0.5, 0.6) is 5.75 Å². The highest BCUT2D eigenvalue weighted by Crippen LogP contribution is 2.33. The van der Waals surface area contributed by atoms with Crippen molar-refractivity contribution in [2.45, 2.75) is 19.4 Å². The Morgan fingerprint density at radius 1 is 1.17 bits per heavy atom. The second kappa shape index (κ2) is 8.21. The van der Waals surface area contributed by atoms with Gasteiger partial charge in [-0.05, 0) is 26.0 Å². The van der Waals surface area contributed by atoms with Crippen LogP contribution in [0.25, 0.3) is 0 Å². The van der Waals surface area contributed by atoms with Gasteiger partial charge in [-0.3, -0.25) is 15.1 Å². The van der Waals surface area contributed by atoms with E-state index >= 15 is 0 Å². The Kier molecular flexibility index (Phi) is 5.69. The summed E-state index contributed by atoms with van der Waals surface area (Å²) in [6, 6.07) is 5.26. The van der Waals surface area contributed by atoms with Crippen molar-refractivity contribution in [3.8, 4) is 5.75 Å². The maximum absolute atomic E-state index is 13.8. The summed E-state index contributed by atoms with van der Waals surface area (Å²) in [6.07, 6.45) is 2.76. The van der Waals surface area contributed by atoms with E-state index in [1.54, 1.807) is 32.2 Å². The molecule has 0 saturated heterocycles. The van der Waals surface area contributed by atoms with Crippen LogP contribution in [-0.2, 0) is 5.60 Å². The molecular weight excluding hydrogens is 397 g/mol. The Bertz CT molecular complexity index is 1090. The van der Waals surface area contributed by atoms with Crippen LogP contribution in [0.3, 0.4) is 0 Å². The van der Waals surface area contributed by atoms with Crippen molar-refractivity contribution in [1.82, 2.24) is 19.9 Å². The summed E-state index contributed by atoms with van der Waals surface area (Å²) >= 11 is 0. The zero-order chi connectivity index (χ0) is 21.9. The lowest BCUT2D eigenvalue weighted by molar-refractivity contribution is -0.387. The summed E-state index contributed by atoms with van der Waals surface area (Å²) in [5.74, 6) is -0.845. The van der Waals surface area contributed by atoms with Crippen LogP contribution in [0.4, 0.5) is 33.3 Å². The summed E-state index contributed by atoms with van der Waals surface area (Å²) in [7, 11) is 1.30. The molecule has 3 aromatic rings. The van der Waals surface area contributed by atoms with Crippen molar-refractivity contribution in [3.63, 3.8) is 0 Å². The van der Waals surface area contributed by atoms with Crippen molar-refractivity contribution < 1.29 is 19.2 Å². The monoisotopic (exact) mass is 415 g/mol. The van der Waals surface area contributed by atoms with Crippen molar-refractivity contribution in [3.05, 3.63) is 58.4 Å². The van der Waals surface area contributed by atoms with Gasteiger partial charge < -0.3 is 20.5 Å². The lowest BCUT2D eigenvalue weighted by Gasteiger charge is -2.20. The summed E-state index contributed by atoms with van der Waals surface area (Å²) < 4.78 is 18.9. The first-order valence-electron chi connectivity index (χ1n) is 8.62. The van der Waals surface area contributed by atoms with E-state index in [1.807, 2.05) is 0 Å². The van der Waals surface area contributed by atoms with Crippen LogP contribution < -0.4 is 15.4 Å². The SMILES string of the molecule is COc1cc(F)c([N+](=O)[O-])cc1Nc1ncnc(Nc2cccnc2C(C)(C)O)n1. The van der Waals surface area contributed by atoms with E-state index in [-0.39, 0.29) is 23.3 Å². The van der Waals surface area contributed by atoms with E-state index in [0.29, 0.717) is 11.4 Å². The van der Waals surface area contributed by atoms with E-state index in [9.17, 15) is 19.6 Å². The molecule has 1 aromatic carbocycles. The van der Waals surface area contributed by atoms with Crippen LogP contribution in [0, 0.1) is 15.9 Å². The van der Waals surface area contributed by atoms with Gasteiger partial charge in [-0.25, -0.2) is 9.97 Å². The summed E-state index contributed by atoms with van der Waals surface area (Å²) in [6.45, 7) is 3.18. The van der Waals surface area contributed by atoms with Crippen molar-refractivity contribution in [1.29, 1.82) is 0 Å². The fraction of sp³-hybridized carbons (Fsp3) is 0.222. The van der Waals surface area contributed by atoms with Crippen LogP contribution >= 0.6 is 0 Å². The molecule has 11 nitrogen and oxygen atoms in total. The molecule has 3 N–H and O–H groups in total. The summed E-state index contributed by atoms with van der Waals surface area (Å²) in [4.78, 5) is 26.5. The number of nitro benzene ring substituents is 1. The lowest BCUT2D eigenvalue weighted by Crippen LogP contribution is -2.19. The maximum atomic E-state index is 13.8. The minimum absolute atomic E-state index is 0.0282. The number of hydrogen-bond donors (Lipinski definition) is 3. The molecule has 0 aliphatic rings. The number of nitrogens with zero attached hydrogens (tertiary/aromatic N) is 5. The molecule has 2 aromatic heterocycles. The normalized spacial score (nSPS) is 11.1. The third kappa shape index (κ3) is 4.55. The first-order chi connectivity index (χ1) is 14.2. The Morgan fingerprint density at radius 3 is 2.43 bits per heavy atom. The average molecular weight is 415 g/mol. The number of rotatable bonds is 7. The number of anilines is 4. The Morgan fingerprint density at radius 2 is 1.83 bits per heavy atom. The molecule has 0 bridgehead atoms. The third-order valence-corrected chi connectivity index (χ3v) is 3.92. The van der Waals surface area contributed by atoms with Crippen molar-refractivity contribution >= 4 is 29.0 Å². The molecule has 156 valence electrons. The number of hydrogen-bond acceptors (Lipinski definition) is 10. The van der Waals surface area contributed by atoms with Gasteiger partial charge in [0, 0.05) is 18.3 Å². The number of ether oxygens (including phenoxy) is 1. The fourth-order valence-corrected chi connectivity index (χ4v) is 2.60. The zero-order valence-electron chi connectivity index (χ0n) is 16.3. The van der Waals surface area contributed by atoms with Gasteiger partial charge in [0.15, 0.2) is 0 Å². The third-order valence-electron chi connectivity index (χ3n) is 3.92. The van der Waals surface area contributed by atoms with Crippen LogP contribution in [0.2, 0.25) is 0 Å². The van der Waals surface area contributed by atoms with E-state index in [4.69, 9.17) is 4.74 Å². The summed E-state index contributed by atoms with van der Waals surface area (Å²) in [5.41, 5.74) is -0.969. The number of benzene rings is 1. The predicted molar refractivity (Wildman–Crippen MR) is 105 cm³/mol. The second-order valence-electron chi connectivity index (χ2n) is 6.60. The molecule has 0 unspecified atom stereocenters. The number of halogens is 1. The van der Waals surface area contributed by atoms with Gasteiger partial charge in [0.1, 0.15) is 17.7 Å². The highest BCUT2D eigenvalue weighted by atomic mass is 19.1. The number of aromatic nitrogens is 4. The van der Waals surface area contributed by atoms with Gasteiger partial charge in [-0.1, -0.05) is 0 Å². The maximum Gasteiger partial charge on any atom is 0.307 e. The highest BCUT2D eigenvalue weighted by molar-refractivity contribution is 5.67. The predicted octanol–water partition coefficient (Wildman–Crippen LogP) is 3.04. The number of aliphatic hydroxyl groups is 1. The Balaban J connectivity index is 1.91. The van der Waals surface area contributed by atoms with Crippen LogP contribution in [-0.4, -0.2) is 37.1 Å². The minimum Gasteiger partial charge on any atom is -0.494 e. The molecule has 0 spiro atoms. The van der Waals surface area contributed by atoms with Gasteiger partial charge in [0.05, 0.1) is 29.1 Å². The first-order valence-corrected chi connectivity index (χ1v) is 8.62. The number of nitro groups is 1. The largest absolute Gasteiger partial charge is 0.494 e. The average Bonchev–Trinajstić information content (AvgIpc) is 2.68. The molecular formula is C18H18FN7O4. The molecule has 30 heavy (non-hydrogen) atoms. The number of methoxy groups -OCH3 is 1. The molecule has 0 aliphatic carbocycles. The minimum atomic E-state index is -1.21. The van der Waals surface area contributed by atoms with Crippen LogP contribution in [0.1, 0.15) is 19.5 Å². The van der Waals surface area contributed by atoms with E-state index < -0.39 is 22.0 Å². The van der Waals surface area contributed by atoms with Crippen molar-refractivity contribution in [2.24, 2.45) is 0 Å². The van der Waals surface area contributed by atoms with E-state index in [2.05, 4.69) is 30.6 Å². The summed E-state index contributed by atoms with van der Waals surface area (Å²) in [5, 5.41) is 27.0. The topological polar surface area (TPSA) is 148 Å². The zero-order valence-corrected chi connectivity index (χ0v) is 16.3. The number of pyridine rings is 1. The van der Waals surface area contributed by atoms with Gasteiger partial charge in [0.2, 0.25) is 17.7 Å². The Labute approximate surface area is 170 Å². The van der Waals surface area contributed by atoms with Gasteiger partial charge in [-0.2, -0.15) is 9.37 Å². The van der Waals surface area contributed by atoms with E-state index in [1.165, 1.54) is 13.4 Å². The smallest absolute Gasteiger partial charge is 0.307 e. The second-order valence-corrected chi connectivity index (χ2v) is 6.60. The quantitative estimate of drug-likeness (QED) is 0.388. The molecule has 0 amide bonds. The van der Waals surface area contributed by atoms with E-state index in [0.717, 1.165) is 12.1 Å². The molecule has 3 rings (SSSR count). The van der Waals surface area contributed by atoms with Gasteiger partial charge in [-0.15, -0.1) is 0 Å². The van der Waals surface area contributed by atoms with Crippen LogP contribution in [0.15, 0.2) is 36.8 Å². The molecule has 0 aliphatic heterocycles.